The van der Waals surface area contributed by atoms with Gasteiger partial charge in [0.1, 0.15) is 6.54 Å². The minimum absolute atomic E-state index is 0.202. The van der Waals surface area contributed by atoms with Crippen molar-refractivity contribution in [3.63, 3.8) is 0 Å². The van der Waals surface area contributed by atoms with E-state index in [1.807, 2.05) is 0 Å². The lowest BCUT2D eigenvalue weighted by molar-refractivity contribution is -0.116. The van der Waals surface area contributed by atoms with E-state index in [0.29, 0.717) is 27.4 Å². The molecule has 0 aliphatic heterocycles. The first kappa shape index (κ1) is 17.4. The largest absolute Gasteiger partial charge is 0.420 e. The van der Waals surface area contributed by atoms with Crippen molar-refractivity contribution in [1.82, 2.24) is 9.88 Å². The van der Waals surface area contributed by atoms with Crippen molar-refractivity contribution < 1.29 is 14.0 Å². The molecule has 3 aromatic rings. The molecule has 0 saturated heterocycles. The molecule has 0 atom stereocenters. The van der Waals surface area contributed by atoms with Gasteiger partial charge in [-0.25, -0.2) is 4.79 Å². The zero-order valence-electron chi connectivity index (χ0n) is 14.2. The van der Waals surface area contributed by atoms with Gasteiger partial charge in [-0.05, 0) is 43.2 Å². The molecule has 2 amide bonds. The average Bonchev–Trinajstić information content (AvgIpc) is 3.40. The number of anilines is 1. The smallest absolute Gasteiger partial charge is 0.408 e. The molecular weight excluding hydrogens is 370 g/mol. The number of nitrogens with zero attached hydrogens (tertiary/aromatic N) is 1. The standard InChI is InChI=1S/C19H16ClN3O4/c20-14-8-7-12(9-13(14)18(25)22-11-5-6-11)21-17(24)10-23-15-3-1-2-4-16(15)27-19(23)26/h1-4,7-9,11H,5-6,10H2,(H,21,24)(H,22,25). The normalized spacial score (nSPS) is 13.5. The van der Waals surface area contributed by atoms with Crippen LogP contribution >= 0.6 is 11.6 Å². The Morgan fingerprint density at radius 3 is 2.74 bits per heavy atom. The van der Waals surface area contributed by atoms with Crippen LogP contribution < -0.4 is 16.4 Å². The molecule has 1 aliphatic rings. The Morgan fingerprint density at radius 1 is 1.19 bits per heavy atom. The number of amides is 2. The summed E-state index contributed by atoms with van der Waals surface area (Å²) in [6.07, 6.45) is 1.93. The van der Waals surface area contributed by atoms with Crippen molar-refractivity contribution in [3.05, 3.63) is 63.6 Å². The number of nitrogens with one attached hydrogen (secondary N) is 2. The molecule has 4 rings (SSSR count). The van der Waals surface area contributed by atoms with Crippen molar-refractivity contribution in [2.45, 2.75) is 25.4 Å². The molecule has 0 bridgehead atoms. The maximum atomic E-state index is 12.4. The summed E-state index contributed by atoms with van der Waals surface area (Å²) in [5.74, 6) is -1.29. The quantitative estimate of drug-likeness (QED) is 0.706. The topological polar surface area (TPSA) is 93.3 Å². The van der Waals surface area contributed by atoms with Crippen LogP contribution in [-0.4, -0.2) is 22.4 Å². The molecule has 0 radical (unpaired) electrons. The molecule has 1 aliphatic carbocycles. The van der Waals surface area contributed by atoms with Crippen molar-refractivity contribution in [3.8, 4) is 0 Å². The summed E-state index contributed by atoms with van der Waals surface area (Å²) < 4.78 is 6.37. The highest BCUT2D eigenvalue weighted by molar-refractivity contribution is 6.34. The monoisotopic (exact) mass is 385 g/mol. The van der Waals surface area contributed by atoms with E-state index in [9.17, 15) is 14.4 Å². The van der Waals surface area contributed by atoms with Crippen LogP contribution in [0.25, 0.3) is 11.1 Å². The second-order valence-electron chi connectivity index (χ2n) is 6.41. The van der Waals surface area contributed by atoms with E-state index in [0.717, 1.165) is 12.8 Å². The van der Waals surface area contributed by atoms with Gasteiger partial charge >= 0.3 is 5.76 Å². The highest BCUT2D eigenvalue weighted by atomic mass is 35.5. The summed E-state index contributed by atoms with van der Waals surface area (Å²) in [7, 11) is 0. The fourth-order valence-electron chi connectivity index (χ4n) is 2.78. The number of benzene rings is 2. The number of hydrogen-bond donors (Lipinski definition) is 2. The van der Waals surface area contributed by atoms with Gasteiger partial charge in [0.2, 0.25) is 5.91 Å². The third-order valence-electron chi connectivity index (χ3n) is 4.28. The van der Waals surface area contributed by atoms with Crippen LogP contribution in [0.2, 0.25) is 5.02 Å². The molecule has 1 fully saturated rings. The molecule has 0 spiro atoms. The number of carbonyl (C=O) groups is 2. The first-order valence-electron chi connectivity index (χ1n) is 8.50. The van der Waals surface area contributed by atoms with E-state index in [1.165, 1.54) is 10.6 Å². The summed E-state index contributed by atoms with van der Waals surface area (Å²) in [4.78, 5) is 36.6. The van der Waals surface area contributed by atoms with Crippen LogP contribution in [-0.2, 0) is 11.3 Å². The molecule has 8 heteroatoms. The molecule has 2 N–H and O–H groups in total. The lowest BCUT2D eigenvalue weighted by Gasteiger charge is -2.10. The number of halogens is 1. The second-order valence-corrected chi connectivity index (χ2v) is 6.82. The third-order valence-corrected chi connectivity index (χ3v) is 4.61. The molecular formula is C19H16ClN3O4. The van der Waals surface area contributed by atoms with Crippen molar-refractivity contribution in [2.24, 2.45) is 0 Å². The van der Waals surface area contributed by atoms with Gasteiger partial charge in [-0.15, -0.1) is 0 Å². The predicted octanol–water partition coefficient (Wildman–Crippen LogP) is 2.78. The van der Waals surface area contributed by atoms with Gasteiger partial charge in [0, 0.05) is 11.7 Å². The number of aromatic nitrogens is 1. The molecule has 1 heterocycles. The lowest BCUT2D eigenvalue weighted by atomic mass is 10.2. The van der Waals surface area contributed by atoms with Gasteiger partial charge in [0.05, 0.1) is 16.1 Å². The van der Waals surface area contributed by atoms with E-state index >= 15 is 0 Å². The molecule has 27 heavy (non-hydrogen) atoms. The first-order valence-corrected chi connectivity index (χ1v) is 8.88. The molecule has 1 saturated carbocycles. The third kappa shape index (κ3) is 3.73. The Kier molecular flexibility index (Phi) is 4.45. The number of fused-ring (bicyclic) bond motifs is 1. The number of carbonyl (C=O) groups excluding carboxylic acids is 2. The zero-order chi connectivity index (χ0) is 19.0. The highest BCUT2D eigenvalue weighted by Gasteiger charge is 2.25. The second kappa shape index (κ2) is 6.92. The van der Waals surface area contributed by atoms with Crippen LogP contribution in [0.5, 0.6) is 0 Å². The fraction of sp³-hybridized carbons (Fsp3) is 0.211. The van der Waals surface area contributed by atoms with Crippen LogP contribution in [0.4, 0.5) is 5.69 Å². The molecule has 2 aromatic carbocycles. The zero-order valence-corrected chi connectivity index (χ0v) is 15.0. The summed E-state index contributed by atoms with van der Waals surface area (Å²) in [5.41, 5.74) is 1.68. The Hall–Kier alpha value is -3.06. The first-order chi connectivity index (χ1) is 13.0. The molecule has 1 aromatic heterocycles. The lowest BCUT2D eigenvalue weighted by Crippen LogP contribution is -2.26. The Morgan fingerprint density at radius 2 is 1.96 bits per heavy atom. The van der Waals surface area contributed by atoms with Crippen LogP contribution in [0.3, 0.4) is 0 Å². The number of para-hydroxylation sites is 2. The number of oxazole rings is 1. The summed E-state index contributed by atoms with van der Waals surface area (Å²) in [6, 6.07) is 11.8. The Bertz CT molecular complexity index is 1100. The number of hydrogen-bond acceptors (Lipinski definition) is 4. The highest BCUT2D eigenvalue weighted by Crippen LogP contribution is 2.24. The minimum atomic E-state index is -0.605. The Balaban J connectivity index is 1.51. The van der Waals surface area contributed by atoms with E-state index < -0.39 is 11.7 Å². The van der Waals surface area contributed by atoms with Crippen LogP contribution in [0.1, 0.15) is 23.2 Å². The number of rotatable bonds is 5. The van der Waals surface area contributed by atoms with Crippen LogP contribution in [0.15, 0.2) is 51.7 Å². The van der Waals surface area contributed by atoms with Crippen LogP contribution in [0, 0.1) is 0 Å². The van der Waals surface area contributed by atoms with E-state index in [1.54, 1.807) is 36.4 Å². The van der Waals surface area contributed by atoms with Crippen molar-refractivity contribution in [1.29, 1.82) is 0 Å². The molecule has 0 unspecified atom stereocenters. The summed E-state index contributed by atoms with van der Waals surface area (Å²) in [5, 5.41) is 5.85. The summed E-state index contributed by atoms with van der Waals surface area (Å²) >= 11 is 6.10. The summed E-state index contributed by atoms with van der Waals surface area (Å²) in [6.45, 7) is -0.206. The van der Waals surface area contributed by atoms with Gasteiger partial charge in [0.25, 0.3) is 5.91 Å². The molecule has 7 nitrogen and oxygen atoms in total. The maximum absolute atomic E-state index is 12.4. The van der Waals surface area contributed by atoms with Gasteiger partial charge in [-0.1, -0.05) is 23.7 Å². The van der Waals surface area contributed by atoms with Gasteiger partial charge in [0.15, 0.2) is 5.58 Å². The average molecular weight is 386 g/mol. The van der Waals surface area contributed by atoms with E-state index in [-0.39, 0.29) is 18.5 Å². The van der Waals surface area contributed by atoms with Gasteiger partial charge in [-0.2, -0.15) is 0 Å². The molecule has 138 valence electrons. The van der Waals surface area contributed by atoms with Gasteiger partial charge < -0.3 is 15.1 Å². The van der Waals surface area contributed by atoms with Crippen molar-refractivity contribution in [2.75, 3.05) is 5.32 Å². The van der Waals surface area contributed by atoms with Gasteiger partial charge in [-0.3, -0.25) is 14.2 Å². The van der Waals surface area contributed by atoms with E-state index in [2.05, 4.69) is 10.6 Å². The fourth-order valence-corrected chi connectivity index (χ4v) is 2.98. The maximum Gasteiger partial charge on any atom is 0.420 e. The SMILES string of the molecule is O=C(Cn1c(=O)oc2ccccc21)Nc1ccc(Cl)c(C(=O)NC2CC2)c1. The van der Waals surface area contributed by atoms with Crippen molar-refractivity contribution >= 4 is 40.2 Å². The Labute approximate surface area is 158 Å². The predicted molar refractivity (Wildman–Crippen MR) is 101 cm³/mol. The minimum Gasteiger partial charge on any atom is -0.408 e. The van der Waals surface area contributed by atoms with E-state index in [4.69, 9.17) is 16.0 Å².